The number of nitrogens with zero attached hydrogens (tertiary/aromatic N) is 1. The Balaban J connectivity index is 1.26. The molecule has 1 aliphatic heterocycles. The second-order valence-corrected chi connectivity index (χ2v) is 8.00. The standard InChI is InChI=1S/C27H25FN4O7/c1-2-36-23-11-17(7-9-21(23)37-15-26(34)31-20-6-4-3-5-19(20)28)13-30-32-25(33)14-29-27(35)18-8-10-22-24(12-18)39-16-38-22/h3-13H,2,14-16H2,1H3,(H,29,35)(H,31,34)(H,32,33)/b30-13+. The number of carbonyl (C=O) groups excluding carboxylic acids is 3. The van der Waals surface area contributed by atoms with Crippen molar-refractivity contribution in [1.29, 1.82) is 0 Å². The number of ether oxygens (including phenoxy) is 4. The van der Waals surface area contributed by atoms with Crippen LogP contribution in [0.15, 0.2) is 65.8 Å². The van der Waals surface area contributed by atoms with Crippen LogP contribution in [0.4, 0.5) is 10.1 Å². The Morgan fingerprint density at radius 3 is 2.62 bits per heavy atom. The highest BCUT2D eigenvalue weighted by Gasteiger charge is 2.16. The fourth-order valence-electron chi connectivity index (χ4n) is 3.40. The van der Waals surface area contributed by atoms with E-state index >= 15 is 0 Å². The predicted molar refractivity (Wildman–Crippen MR) is 139 cm³/mol. The molecular weight excluding hydrogens is 511 g/mol. The fourth-order valence-corrected chi connectivity index (χ4v) is 3.40. The zero-order chi connectivity index (χ0) is 27.6. The maximum atomic E-state index is 13.7. The predicted octanol–water partition coefficient (Wildman–Crippen LogP) is 2.85. The van der Waals surface area contributed by atoms with Crippen molar-refractivity contribution >= 4 is 29.6 Å². The second kappa shape index (κ2) is 12.9. The summed E-state index contributed by atoms with van der Waals surface area (Å²) in [7, 11) is 0. The normalized spacial score (nSPS) is 11.6. The third kappa shape index (κ3) is 7.44. The van der Waals surface area contributed by atoms with Crippen molar-refractivity contribution in [3.8, 4) is 23.0 Å². The van der Waals surface area contributed by atoms with E-state index < -0.39 is 23.5 Å². The summed E-state index contributed by atoms with van der Waals surface area (Å²) in [6, 6.07) is 15.4. The van der Waals surface area contributed by atoms with E-state index in [0.29, 0.717) is 40.7 Å². The number of amides is 3. The minimum Gasteiger partial charge on any atom is -0.490 e. The summed E-state index contributed by atoms with van der Waals surface area (Å²) in [6.07, 6.45) is 1.38. The lowest BCUT2D eigenvalue weighted by molar-refractivity contribution is -0.120. The minimum absolute atomic E-state index is 0.0530. The van der Waals surface area contributed by atoms with E-state index in [9.17, 15) is 18.8 Å². The van der Waals surface area contributed by atoms with Crippen molar-refractivity contribution in [2.24, 2.45) is 5.10 Å². The van der Waals surface area contributed by atoms with E-state index in [1.807, 2.05) is 0 Å². The number of carbonyl (C=O) groups is 3. The first-order chi connectivity index (χ1) is 18.9. The zero-order valence-electron chi connectivity index (χ0n) is 20.9. The van der Waals surface area contributed by atoms with Gasteiger partial charge in [0.05, 0.1) is 25.1 Å². The lowest BCUT2D eigenvalue weighted by Gasteiger charge is -2.13. The zero-order valence-corrected chi connectivity index (χ0v) is 20.9. The van der Waals surface area contributed by atoms with Crippen LogP contribution in [0, 0.1) is 5.82 Å². The molecule has 0 aromatic heterocycles. The third-order valence-corrected chi connectivity index (χ3v) is 5.22. The number of para-hydroxylation sites is 1. The molecule has 11 nitrogen and oxygen atoms in total. The van der Waals surface area contributed by atoms with E-state index in [2.05, 4.69) is 21.2 Å². The Hall–Kier alpha value is -5.13. The van der Waals surface area contributed by atoms with Crippen LogP contribution in [0.3, 0.4) is 0 Å². The average molecular weight is 537 g/mol. The molecule has 3 aromatic carbocycles. The lowest BCUT2D eigenvalue weighted by atomic mass is 10.2. The third-order valence-electron chi connectivity index (χ3n) is 5.22. The number of anilines is 1. The molecule has 39 heavy (non-hydrogen) atoms. The van der Waals surface area contributed by atoms with E-state index in [0.717, 1.165) is 0 Å². The van der Waals surface area contributed by atoms with Gasteiger partial charge in [-0.15, -0.1) is 0 Å². The van der Waals surface area contributed by atoms with Crippen molar-refractivity contribution in [2.45, 2.75) is 6.92 Å². The number of nitrogens with one attached hydrogen (secondary N) is 3. The lowest BCUT2D eigenvalue weighted by Crippen LogP contribution is -2.34. The second-order valence-electron chi connectivity index (χ2n) is 8.00. The van der Waals surface area contributed by atoms with Crippen LogP contribution in [0.2, 0.25) is 0 Å². The summed E-state index contributed by atoms with van der Waals surface area (Å²) in [6.45, 7) is 1.55. The number of halogens is 1. The van der Waals surface area contributed by atoms with Gasteiger partial charge >= 0.3 is 0 Å². The van der Waals surface area contributed by atoms with Gasteiger partial charge in [0.25, 0.3) is 17.7 Å². The molecule has 3 aromatic rings. The number of fused-ring (bicyclic) bond motifs is 1. The highest BCUT2D eigenvalue weighted by molar-refractivity contribution is 5.97. The molecule has 1 aliphatic rings. The van der Waals surface area contributed by atoms with Gasteiger partial charge in [-0.2, -0.15) is 5.10 Å². The summed E-state index contributed by atoms with van der Waals surface area (Å²) < 4.78 is 35.3. The van der Waals surface area contributed by atoms with Crippen molar-refractivity contribution in [3.63, 3.8) is 0 Å². The SMILES string of the molecule is CCOc1cc(/C=N/NC(=O)CNC(=O)c2ccc3c(c2)OCO3)ccc1OCC(=O)Nc1ccccc1F. The number of hydrogen-bond acceptors (Lipinski definition) is 8. The summed E-state index contributed by atoms with van der Waals surface area (Å²) >= 11 is 0. The first-order valence-corrected chi connectivity index (χ1v) is 11.9. The number of benzene rings is 3. The Morgan fingerprint density at radius 2 is 1.79 bits per heavy atom. The van der Waals surface area contributed by atoms with Gasteiger partial charge < -0.3 is 29.6 Å². The van der Waals surface area contributed by atoms with E-state index in [1.165, 1.54) is 30.5 Å². The highest BCUT2D eigenvalue weighted by atomic mass is 19.1. The molecule has 1 heterocycles. The number of hydrogen-bond donors (Lipinski definition) is 3. The fraction of sp³-hybridized carbons (Fsp3) is 0.185. The highest BCUT2D eigenvalue weighted by Crippen LogP contribution is 2.32. The van der Waals surface area contributed by atoms with E-state index in [-0.39, 0.29) is 25.6 Å². The Labute approximate surface area is 222 Å². The van der Waals surface area contributed by atoms with Gasteiger partial charge in [-0.05, 0) is 61.0 Å². The molecule has 0 spiro atoms. The minimum atomic E-state index is -0.552. The van der Waals surface area contributed by atoms with E-state index in [4.69, 9.17) is 18.9 Å². The maximum Gasteiger partial charge on any atom is 0.262 e. The molecule has 0 saturated carbocycles. The molecule has 0 bridgehead atoms. The molecule has 12 heteroatoms. The van der Waals surface area contributed by atoms with Gasteiger partial charge in [0, 0.05) is 5.56 Å². The largest absolute Gasteiger partial charge is 0.490 e. The van der Waals surface area contributed by atoms with Crippen LogP contribution in [0.1, 0.15) is 22.8 Å². The van der Waals surface area contributed by atoms with Crippen LogP contribution < -0.4 is 35.0 Å². The van der Waals surface area contributed by atoms with Crippen molar-refractivity contribution < 1.29 is 37.7 Å². The molecule has 4 rings (SSSR count). The summed E-state index contributed by atoms with van der Waals surface area (Å²) in [4.78, 5) is 36.5. The number of rotatable bonds is 11. The first kappa shape index (κ1) is 26.9. The summed E-state index contributed by atoms with van der Waals surface area (Å²) in [5, 5.41) is 8.83. The topological polar surface area (TPSA) is 137 Å². The number of hydrazone groups is 1. The molecule has 0 fully saturated rings. The van der Waals surface area contributed by atoms with Crippen LogP contribution in [0.5, 0.6) is 23.0 Å². The quantitative estimate of drug-likeness (QED) is 0.253. The average Bonchev–Trinajstić information content (AvgIpc) is 3.41. The molecule has 202 valence electrons. The van der Waals surface area contributed by atoms with E-state index in [1.54, 1.807) is 43.3 Å². The van der Waals surface area contributed by atoms with Crippen molar-refractivity contribution in [1.82, 2.24) is 10.7 Å². The Kier molecular flexibility index (Phi) is 8.91. The van der Waals surface area contributed by atoms with Crippen LogP contribution in [-0.4, -0.2) is 50.5 Å². The smallest absolute Gasteiger partial charge is 0.262 e. The van der Waals surface area contributed by atoms with Gasteiger partial charge in [-0.1, -0.05) is 12.1 Å². The van der Waals surface area contributed by atoms with Gasteiger partial charge in [0.2, 0.25) is 6.79 Å². The molecule has 3 amide bonds. The molecule has 0 radical (unpaired) electrons. The molecule has 0 atom stereocenters. The van der Waals surface area contributed by atoms with Crippen LogP contribution in [-0.2, 0) is 9.59 Å². The van der Waals surface area contributed by atoms with Gasteiger partial charge in [-0.3, -0.25) is 14.4 Å². The molecular formula is C27H25FN4O7. The summed E-state index contributed by atoms with van der Waals surface area (Å²) in [5.74, 6) is -0.417. The summed E-state index contributed by atoms with van der Waals surface area (Å²) in [5.41, 5.74) is 3.28. The Bertz CT molecular complexity index is 1400. The van der Waals surface area contributed by atoms with Crippen molar-refractivity contribution in [3.05, 3.63) is 77.6 Å². The van der Waals surface area contributed by atoms with Gasteiger partial charge in [-0.25, -0.2) is 9.82 Å². The molecule has 0 saturated heterocycles. The monoisotopic (exact) mass is 536 g/mol. The van der Waals surface area contributed by atoms with Crippen LogP contribution in [0.25, 0.3) is 0 Å². The van der Waals surface area contributed by atoms with Crippen molar-refractivity contribution in [2.75, 3.05) is 31.9 Å². The van der Waals surface area contributed by atoms with Crippen LogP contribution >= 0.6 is 0 Å². The molecule has 0 aliphatic carbocycles. The molecule has 3 N–H and O–H groups in total. The Morgan fingerprint density at radius 1 is 0.974 bits per heavy atom. The van der Waals surface area contributed by atoms with Gasteiger partial charge in [0.15, 0.2) is 29.6 Å². The first-order valence-electron chi connectivity index (χ1n) is 11.9. The van der Waals surface area contributed by atoms with Gasteiger partial charge in [0.1, 0.15) is 5.82 Å². The molecule has 0 unspecified atom stereocenters. The maximum absolute atomic E-state index is 13.7.